The predicted molar refractivity (Wildman–Crippen MR) is 107 cm³/mol. The second-order valence-corrected chi connectivity index (χ2v) is 8.92. The Morgan fingerprint density at radius 1 is 1.11 bits per heavy atom. The van der Waals surface area contributed by atoms with Gasteiger partial charge in [-0.2, -0.15) is 0 Å². The molecule has 2 aliphatic carbocycles. The van der Waals surface area contributed by atoms with E-state index >= 15 is 0 Å². The number of thiophene rings is 1. The Balaban J connectivity index is 1.24. The summed E-state index contributed by atoms with van der Waals surface area (Å²) in [6, 6.07) is 9.71. The van der Waals surface area contributed by atoms with Gasteiger partial charge in [0.1, 0.15) is 6.10 Å². The number of hydrogen-bond donors (Lipinski definition) is 3. The minimum Gasteiger partial charge on any atom is -0.383 e. The molecule has 0 aliphatic heterocycles. The maximum Gasteiger partial charge on any atom is 0.261 e. The molecule has 2 aliphatic rings. The van der Waals surface area contributed by atoms with E-state index in [1.54, 1.807) is 0 Å². The van der Waals surface area contributed by atoms with Crippen molar-refractivity contribution in [2.24, 2.45) is 5.92 Å². The van der Waals surface area contributed by atoms with Gasteiger partial charge in [0.25, 0.3) is 5.91 Å². The first kappa shape index (κ1) is 18.4. The number of amides is 2. The molecule has 27 heavy (non-hydrogen) atoms. The van der Waals surface area contributed by atoms with Gasteiger partial charge in [-0.3, -0.25) is 9.59 Å². The first-order valence-corrected chi connectivity index (χ1v) is 10.7. The number of rotatable bonds is 6. The first-order valence-electron chi connectivity index (χ1n) is 9.88. The van der Waals surface area contributed by atoms with Crippen LogP contribution in [0.25, 0.3) is 10.1 Å². The summed E-state index contributed by atoms with van der Waals surface area (Å²) in [7, 11) is 0. The van der Waals surface area contributed by atoms with Crippen LogP contribution >= 0.6 is 11.3 Å². The first-order chi connectivity index (χ1) is 13.1. The van der Waals surface area contributed by atoms with E-state index in [9.17, 15) is 14.7 Å². The highest BCUT2D eigenvalue weighted by atomic mass is 32.1. The van der Waals surface area contributed by atoms with Gasteiger partial charge in [0, 0.05) is 4.70 Å². The van der Waals surface area contributed by atoms with E-state index in [-0.39, 0.29) is 23.9 Å². The monoisotopic (exact) mass is 386 g/mol. The average molecular weight is 387 g/mol. The fourth-order valence-electron chi connectivity index (χ4n) is 3.97. The lowest BCUT2D eigenvalue weighted by Gasteiger charge is -2.23. The molecule has 1 heterocycles. The lowest BCUT2D eigenvalue weighted by molar-refractivity contribution is -0.130. The van der Waals surface area contributed by atoms with Crippen LogP contribution in [0, 0.1) is 5.92 Å². The average Bonchev–Trinajstić information content (AvgIpc) is 3.24. The van der Waals surface area contributed by atoms with Gasteiger partial charge < -0.3 is 15.7 Å². The zero-order valence-electron chi connectivity index (χ0n) is 15.3. The molecule has 4 rings (SSSR count). The normalized spacial score (nSPS) is 23.7. The molecule has 2 aromatic rings. The van der Waals surface area contributed by atoms with Crippen LogP contribution in [0.4, 0.5) is 0 Å². The summed E-state index contributed by atoms with van der Waals surface area (Å²) in [5.41, 5.74) is 0. The van der Waals surface area contributed by atoms with Crippen LogP contribution in [0.3, 0.4) is 0 Å². The molecule has 1 aromatic heterocycles. The van der Waals surface area contributed by atoms with Crippen molar-refractivity contribution in [1.29, 1.82) is 0 Å². The summed E-state index contributed by atoms with van der Waals surface area (Å²) in [6.07, 6.45) is 6.23. The van der Waals surface area contributed by atoms with Gasteiger partial charge in [-0.05, 0) is 36.3 Å². The summed E-state index contributed by atoms with van der Waals surface area (Å²) < 4.78 is 1.09. The SMILES string of the molecule is O=C(N[C@H]1C[C@@H]1NC(=O)[C@H](O)CC1CCCCC1)c1cc2ccccc2s1. The molecule has 0 saturated heterocycles. The highest BCUT2D eigenvalue weighted by Crippen LogP contribution is 2.29. The van der Waals surface area contributed by atoms with Crippen molar-refractivity contribution in [1.82, 2.24) is 10.6 Å². The predicted octanol–water partition coefficient (Wildman–Crippen LogP) is 3.22. The maximum absolute atomic E-state index is 12.4. The molecule has 0 spiro atoms. The quantitative estimate of drug-likeness (QED) is 0.713. The highest BCUT2D eigenvalue weighted by Gasteiger charge is 2.40. The van der Waals surface area contributed by atoms with Gasteiger partial charge in [0.15, 0.2) is 0 Å². The van der Waals surface area contributed by atoms with Crippen molar-refractivity contribution in [2.75, 3.05) is 0 Å². The number of carbonyl (C=O) groups excluding carboxylic acids is 2. The van der Waals surface area contributed by atoms with E-state index in [0.717, 1.165) is 29.3 Å². The lowest BCUT2D eigenvalue weighted by Crippen LogP contribution is -2.40. The van der Waals surface area contributed by atoms with E-state index < -0.39 is 6.10 Å². The number of aliphatic hydroxyl groups excluding tert-OH is 1. The molecular weight excluding hydrogens is 360 g/mol. The smallest absolute Gasteiger partial charge is 0.261 e. The van der Waals surface area contributed by atoms with E-state index in [1.807, 2.05) is 30.3 Å². The number of aliphatic hydroxyl groups is 1. The van der Waals surface area contributed by atoms with Gasteiger partial charge >= 0.3 is 0 Å². The Labute approximate surface area is 163 Å². The number of benzene rings is 1. The van der Waals surface area contributed by atoms with Crippen LogP contribution in [0.5, 0.6) is 0 Å². The van der Waals surface area contributed by atoms with Crippen molar-refractivity contribution < 1.29 is 14.7 Å². The molecule has 5 nitrogen and oxygen atoms in total. The topological polar surface area (TPSA) is 78.4 Å². The number of hydrogen-bond acceptors (Lipinski definition) is 4. The largest absolute Gasteiger partial charge is 0.383 e. The highest BCUT2D eigenvalue weighted by molar-refractivity contribution is 7.20. The van der Waals surface area contributed by atoms with Crippen molar-refractivity contribution in [3.05, 3.63) is 35.2 Å². The minimum atomic E-state index is -0.937. The van der Waals surface area contributed by atoms with Crippen LogP contribution in [0.1, 0.15) is 54.6 Å². The number of carbonyl (C=O) groups is 2. The molecular formula is C21H26N2O3S. The Morgan fingerprint density at radius 2 is 1.85 bits per heavy atom. The summed E-state index contributed by atoms with van der Waals surface area (Å²) in [4.78, 5) is 25.3. The molecule has 144 valence electrons. The second kappa shape index (κ2) is 7.98. The van der Waals surface area contributed by atoms with Crippen molar-refractivity contribution in [2.45, 2.75) is 63.1 Å². The molecule has 2 saturated carbocycles. The fraction of sp³-hybridized carbons (Fsp3) is 0.524. The molecule has 0 radical (unpaired) electrons. The summed E-state index contributed by atoms with van der Waals surface area (Å²) in [5, 5.41) is 17.1. The second-order valence-electron chi connectivity index (χ2n) is 7.83. The van der Waals surface area contributed by atoms with Gasteiger partial charge in [0.05, 0.1) is 17.0 Å². The third kappa shape index (κ3) is 4.50. The van der Waals surface area contributed by atoms with E-state index in [0.29, 0.717) is 17.2 Å². The maximum atomic E-state index is 12.4. The number of nitrogens with one attached hydrogen (secondary N) is 2. The molecule has 2 fully saturated rings. The molecule has 3 atom stereocenters. The summed E-state index contributed by atoms with van der Waals surface area (Å²) in [5.74, 6) is 0.0621. The Morgan fingerprint density at radius 3 is 2.63 bits per heavy atom. The Hall–Kier alpha value is -1.92. The molecule has 0 unspecified atom stereocenters. The molecule has 6 heteroatoms. The van der Waals surface area contributed by atoms with Crippen LogP contribution in [0.15, 0.2) is 30.3 Å². The zero-order chi connectivity index (χ0) is 18.8. The summed E-state index contributed by atoms with van der Waals surface area (Å²) >= 11 is 1.48. The van der Waals surface area contributed by atoms with Gasteiger partial charge in [-0.25, -0.2) is 0 Å². The van der Waals surface area contributed by atoms with E-state index in [2.05, 4.69) is 10.6 Å². The van der Waals surface area contributed by atoms with Crippen LogP contribution in [-0.2, 0) is 4.79 Å². The Bertz CT molecular complexity index is 795. The van der Waals surface area contributed by atoms with Gasteiger partial charge in [-0.1, -0.05) is 50.3 Å². The molecule has 3 N–H and O–H groups in total. The number of fused-ring (bicyclic) bond motifs is 1. The van der Waals surface area contributed by atoms with E-state index in [4.69, 9.17) is 0 Å². The lowest BCUT2D eigenvalue weighted by atomic mass is 9.85. The third-order valence-corrected chi connectivity index (χ3v) is 6.78. The third-order valence-electron chi connectivity index (χ3n) is 5.67. The van der Waals surface area contributed by atoms with Crippen LogP contribution < -0.4 is 10.6 Å². The van der Waals surface area contributed by atoms with Crippen molar-refractivity contribution >= 4 is 33.2 Å². The summed E-state index contributed by atoms with van der Waals surface area (Å²) in [6.45, 7) is 0. The Kier molecular flexibility index (Phi) is 5.45. The zero-order valence-corrected chi connectivity index (χ0v) is 16.1. The van der Waals surface area contributed by atoms with Crippen LogP contribution in [0.2, 0.25) is 0 Å². The fourth-order valence-corrected chi connectivity index (χ4v) is 4.94. The minimum absolute atomic E-state index is 0.0476. The molecule has 1 aromatic carbocycles. The standard InChI is InChI=1S/C21H26N2O3S/c24-17(10-13-6-2-1-3-7-13)20(25)22-15-12-16(15)23-21(26)19-11-14-8-4-5-9-18(14)27-19/h4-5,8-9,11,13,15-17,24H,1-3,6-7,10,12H2,(H,22,25)(H,23,26)/t15-,16-,17+/m0/s1. The van der Waals surface area contributed by atoms with Crippen LogP contribution in [-0.4, -0.2) is 35.1 Å². The van der Waals surface area contributed by atoms with Crippen molar-refractivity contribution in [3.63, 3.8) is 0 Å². The van der Waals surface area contributed by atoms with Gasteiger partial charge in [-0.15, -0.1) is 11.3 Å². The molecule has 0 bridgehead atoms. The van der Waals surface area contributed by atoms with E-state index in [1.165, 1.54) is 30.6 Å². The van der Waals surface area contributed by atoms with Gasteiger partial charge in [0.2, 0.25) is 5.91 Å². The van der Waals surface area contributed by atoms with Crippen molar-refractivity contribution in [3.8, 4) is 0 Å². The molecule has 2 amide bonds.